The molecule has 0 saturated carbocycles. The van der Waals surface area contributed by atoms with Crippen molar-refractivity contribution in [3.63, 3.8) is 0 Å². The molecule has 0 aliphatic rings. The third-order valence-electron chi connectivity index (χ3n) is 1.33. The molecule has 0 aliphatic heterocycles. The minimum Gasteiger partial charge on any atom is -0.464 e. The second kappa shape index (κ2) is 3.21. The molecule has 0 amide bonds. The zero-order valence-corrected chi connectivity index (χ0v) is 6.55. The maximum atomic E-state index is 11.2. The quantitative estimate of drug-likeness (QED) is 0.373. The molecule has 0 aliphatic carbocycles. The number of esters is 1. The van der Waals surface area contributed by atoms with Crippen molar-refractivity contribution in [2.24, 2.45) is 6.98 Å². The lowest BCUT2D eigenvalue weighted by Gasteiger charge is -1.97. The molecule has 0 unspecified atom stereocenters. The maximum Gasteiger partial charge on any atom is 0.363 e. The normalized spacial score (nSPS) is 14.1. The van der Waals surface area contributed by atoms with Crippen molar-refractivity contribution in [1.82, 2.24) is 9.78 Å². The third-order valence-corrected chi connectivity index (χ3v) is 1.33. The van der Waals surface area contributed by atoms with Gasteiger partial charge in [0.2, 0.25) is 5.69 Å². The number of nitro groups is 1. The van der Waals surface area contributed by atoms with E-state index in [9.17, 15) is 14.9 Å². The SMILES string of the molecule is [2H]C([2H])([2H])n1ncc([N+](=O)[O-])c1C(=O)OC. The van der Waals surface area contributed by atoms with Gasteiger partial charge >= 0.3 is 11.7 Å². The van der Waals surface area contributed by atoms with Gasteiger partial charge in [0.05, 0.1) is 12.0 Å². The highest BCUT2D eigenvalue weighted by Crippen LogP contribution is 2.17. The van der Waals surface area contributed by atoms with Crippen LogP contribution >= 0.6 is 0 Å². The molecule has 7 nitrogen and oxygen atoms in total. The smallest absolute Gasteiger partial charge is 0.363 e. The first-order chi connectivity index (χ1) is 7.29. The van der Waals surface area contributed by atoms with Gasteiger partial charge in [-0.15, -0.1) is 0 Å². The van der Waals surface area contributed by atoms with Gasteiger partial charge < -0.3 is 4.74 Å². The molecular weight excluding hydrogens is 178 g/mol. The number of aryl methyl sites for hydroxylation is 1. The molecule has 0 spiro atoms. The summed E-state index contributed by atoms with van der Waals surface area (Å²) in [5.74, 6) is -1.12. The van der Waals surface area contributed by atoms with E-state index in [1.54, 1.807) is 0 Å². The van der Waals surface area contributed by atoms with Crippen molar-refractivity contribution in [1.29, 1.82) is 0 Å². The first kappa shape index (κ1) is 5.68. The first-order valence-corrected chi connectivity index (χ1v) is 3.10. The van der Waals surface area contributed by atoms with Crippen molar-refractivity contribution >= 4 is 11.7 Å². The number of hydrogen-bond acceptors (Lipinski definition) is 5. The summed E-state index contributed by atoms with van der Waals surface area (Å²) in [4.78, 5) is 20.9. The van der Waals surface area contributed by atoms with E-state index in [1.165, 1.54) is 0 Å². The summed E-state index contributed by atoms with van der Waals surface area (Å²) in [5, 5.41) is 13.8. The van der Waals surface area contributed by atoms with E-state index in [4.69, 9.17) is 4.11 Å². The number of nitrogens with zero attached hydrogens (tertiary/aromatic N) is 3. The van der Waals surface area contributed by atoms with Gasteiger partial charge in [-0.2, -0.15) is 5.10 Å². The Hall–Kier alpha value is -1.92. The predicted octanol–water partition coefficient (Wildman–Crippen LogP) is 0.115. The van der Waals surface area contributed by atoms with Crippen LogP contribution in [0.1, 0.15) is 14.6 Å². The van der Waals surface area contributed by atoms with Crippen molar-refractivity contribution < 1.29 is 18.6 Å². The van der Waals surface area contributed by atoms with Crippen LogP contribution in [0.2, 0.25) is 0 Å². The van der Waals surface area contributed by atoms with Crippen molar-refractivity contribution in [3.05, 3.63) is 22.0 Å². The molecule has 0 bridgehead atoms. The summed E-state index contributed by atoms with van der Waals surface area (Å²) < 4.78 is 25.7. The number of carbonyl (C=O) groups is 1. The zero-order chi connectivity index (χ0) is 12.5. The number of ether oxygens (including phenoxy) is 1. The Morgan fingerprint density at radius 2 is 2.62 bits per heavy atom. The lowest BCUT2D eigenvalue weighted by Crippen LogP contribution is -2.10. The molecule has 13 heavy (non-hydrogen) atoms. The molecule has 1 rings (SSSR count). The summed E-state index contributed by atoms with van der Waals surface area (Å²) in [7, 11) is 0.989. The van der Waals surface area contributed by atoms with Crippen LogP contribution in [0.4, 0.5) is 5.69 Å². The molecule has 7 heteroatoms. The Morgan fingerprint density at radius 1 is 1.92 bits per heavy atom. The molecule has 0 atom stereocenters. The van der Waals surface area contributed by atoms with Crippen LogP contribution in [0.15, 0.2) is 6.20 Å². The molecule has 0 saturated heterocycles. The summed E-state index contributed by atoms with van der Waals surface area (Å²) in [6, 6.07) is 0. The molecule has 0 aromatic carbocycles. The van der Waals surface area contributed by atoms with Crippen LogP contribution in [0.5, 0.6) is 0 Å². The number of carbonyl (C=O) groups excluding carboxylic acids is 1. The third kappa shape index (κ3) is 1.48. The summed E-state index contributed by atoms with van der Waals surface area (Å²) in [6.45, 7) is -2.78. The topological polar surface area (TPSA) is 87.3 Å². The van der Waals surface area contributed by atoms with E-state index < -0.39 is 29.2 Å². The van der Waals surface area contributed by atoms with Crippen LogP contribution in [-0.2, 0) is 11.7 Å². The lowest BCUT2D eigenvalue weighted by atomic mass is 10.4. The van der Waals surface area contributed by atoms with Gasteiger partial charge in [0.1, 0.15) is 6.20 Å². The molecule has 0 N–H and O–H groups in total. The lowest BCUT2D eigenvalue weighted by molar-refractivity contribution is -0.385. The van der Waals surface area contributed by atoms with Gasteiger partial charge in [-0.05, 0) is 0 Å². The molecule has 1 aromatic rings. The molecule has 70 valence electrons. The molecular formula is C6H7N3O4. The Bertz CT molecular complexity index is 439. The monoisotopic (exact) mass is 188 g/mol. The maximum absolute atomic E-state index is 11.2. The van der Waals surface area contributed by atoms with Crippen LogP contribution < -0.4 is 0 Å². The molecule has 0 fully saturated rings. The highest BCUT2D eigenvalue weighted by Gasteiger charge is 2.25. The second-order valence-corrected chi connectivity index (χ2v) is 2.04. The van der Waals surface area contributed by atoms with Crippen molar-refractivity contribution in [2.45, 2.75) is 0 Å². The van der Waals surface area contributed by atoms with Crippen LogP contribution in [0.3, 0.4) is 0 Å². The van der Waals surface area contributed by atoms with Gasteiger partial charge in [-0.1, -0.05) is 0 Å². The summed E-state index contributed by atoms with van der Waals surface area (Å²) in [6.07, 6.45) is 0.693. The van der Waals surface area contributed by atoms with Gasteiger partial charge in [-0.25, -0.2) is 4.79 Å². The zero-order valence-electron chi connectivity index (χ0n) is 9.55. The summed E-state index contributed by atoms with van der Waals surface area (Å²) in [5.41, 5.74) is -1.41. The van der Waals surface area contributed by atoms with Gasteiger partial charge in [0.15, 0.2) is 0 Å². The summed E-state index contributed by atoms with van der Waals surface area (Å²) >= 11 is 0. The Balaban J connectivity index is 3.43. The van der Waals surface area contributed by atoms with E-state index in [1.807, 2.05) is 0 Å². The van der Waals surface area contributed by atoms with Crippen LogP contribution in [0.25, 0.3) is 0 Å². The van der Waals surface area contributed by atoms with E-state index >= 15 is 0 Å². The second-order valence-electron chi connectivity index (χ2n) is 2.04. The van der Waals surface area contributed by atoms with Crippen molar-refractivity contribution in [3.8, 4) is 0 Å². The first-order valence-electron chi connectivity index (χ1n) is 4.60. The van der Waals surface area contributed by atoms with Gasteiger partial charge in [0.25, 0.3) is 0 Å². The minimum atomic E-state index is -2.78. The largest absolute Gasteiger partial charge is 0.464 e. The van der Waals surface area contributed by atoms with Gasteiger partial charge in [0, 0.05) is 11.1 Å². The standard InChI is InChI=1S/C6H7N3O4/c1-8-5(6(10)13-2)4(3-7-8)9(11)12/h3H,1-2H3/i1D3. The number of methoxy groups -OCH3 is 1. The van der Waals surface area contributed by atoms with Crippen LogP contribution in [0, 0.1) is 10.1 Å². The minimum absolute atomic E-state index is 0.289. The fraction of sp³-hybridized carbons (Fsp3) is 0.333. The van der Waals surface area contributed by atoms with Gasteiger partial charge in [-0.3, -0.25) is 14.8 Å². The predicted molar refractivity (Wildman–Crippen MR) is 41.2 cm³/mol. The average molecular weight is 188 g/mol. The number of aromatic nitrogens is 2. The van der Waals surface area contributed by atoms with Crippen molar-refractivity contribution in [2.75, 3.05) is 7.11 Å². The fourth-order valence-electron chi connectivity index (χ4n) is 0.761. The number of hydrogen-bond donors (Lipinski definition) is 0. The van der Waals surface area contributed by atoms with E-state index in [0.717, 1.165) is 7.11 Å². The fourth-order valence-corrected chi connectivity index (χ4v) is 0.761. The Kier molecular flexibility index (Phi) is 1.40. The highest BCUT2D eigenvalue weighted by atomic mass is 16.6. The average Bonchev–Trinajstić information content (AvgIpc) is 2.59. The Labute approximate surface area is 77.3 Å². The molecule has 0 radical (unpaired) electrons. The Morgan fingerprint density at radius 3 is 3.08 bits per heavy atom. The van der Waals surface area contributed by atoms with Crippen LogP contribution in [-0.4, -0.2) is 27.8 Å². The van der Waals surface area contributed by atoms with E-state index in [-0.39, 0.29) is 4.68 Å². The molecule has 1 aromatic heterocycles. The van der Waals surface area contributed by atoms with E-state index in [2.05, 4.69) is 9.84 Å². The number of rotatable bonds is 2. The van der Waals surface area contributed by atoms with E-state index in [0.29, 0.717) is 6.20 Å². The highest BCUT2D eigenvalue weighted by molar-refractivity contribution is 5.91. The molecule has 1 heterocycles.